The Balaban J connectivity index is 0. The summed E-state index contributed by atoms with van der Waals surface area (Å²) >= 11 is 0. The predicted molar refractivity (Wildman–Crippen MR) is 81.3 cm³/mol. The van der Waals surface area contributed by atoms with Gasteiger partial charge in [0, 0.05) is 11.5 Å². The molecule has 2 unspecified atom stereocenters. The molecular formula is C9H18O12S4-4. The molecule has 25 heavy (non-hydrogen) atoms. The largest absolute Gasteiger partial charge is 0.748 e. The van der Waals surface area contributed by atoms with Gasteiger partial charge in [-0.05, 0) is 19.3 Å². The van der Waals surface area contributed by atoms with Crippen LogP contribution >= 0.6 is 0 Å². The van der Waals surface area contributed by atoms with Gasteiger partial charge >= 0.3 is 0 Å². The first-order valence-electron chi connectivity index (χ1n) is 6.60. The third-order valence-corrected chi connectivity index (χ3v) is 6.87. The maximum Gasteiger partial charge on any atom is 0.0976 e. The molecule has 0 N–H and O–H groups in total. The summed E-state index contributed by atoms with van der Waals surface area (Å²) in [5.41, 5.74) is 0. The zero-order chi connectivity index (χ0) is 20.7. The van der Waals surface area contributed by atoms with E-state index < -0.39 is 69.6 Å². The van der Waals surface area contributed by atoms with Gasteiger partial charge in [-0.3, -0.25) is 0 Å². The van der Waals surface area contributed by atoms with E-state index in [2.05, 4.69) is 0 Å². The number of hydrogen-bond donors (Lipinski definition) is 0. The van der Waals surface area contributed by atoms with Crippen LogP contribution in [-0.4, -0.2) is 73.9 Å². The molecule has 0 saturated heterocycles. The number of rotatable bonds is 9. The maximum atomic E-state index is 10.9. The lowest BCUT2D eigenvalue weighted by Crippen LogP contribution is -2.32. The molecule has 2 atom stereocenters. The van der Waals surface area contributed by atoms with Crippen molar-refractivity contribution in [1.82, 2.24) is 0 Å². The average Bonchev–Trinajstić information content (AvgIpc) is 2.34. The lowest BCUT2D eigenvalue weighted by Gasteiger charge is -2.27. The molecule has 0 aliphatic heterocycles. The van der Waals surface area contributed by atoms with Crippen molar-refractivity contribution in [3.05, 3.63) is 0 Å². The van der Waals surface area contributed by atoms with Crippen molar-refractivity contribution in [3.63, 3.8) is 0 Å². The fourth-order valence-electron chi connectivity index (χ4n) is 1.44. The SMILES string of the molecule is CCC(CC(CCS(=O)(=O)[O-])S(=O)(=O)[O-])S(=O)(=O)[O-].CCS(=O)(=O)[O-]. The molecule has 0 aromatic rings. The minimum atomic E-state index is -5.01. The van der Waals surface area contributed by atoms with Gasteiger partial charge in [-0.25, -0.2) is 33.7 Å². The average molecular weight is 446 g/mol. The van der Waals surface area contributed by atoms with Crippen LogP contribution < -0.4 is 0 Å². The topological polar surface area (TPSA) is 229 Å². The van der Waals surface area contributed by atoms with Gasteiger partial charge < -0.3 is 18.2 Å². The van der Waals surface area contributed by atoms with E-state index in [1.54, 1.807) is 0 Å². The normalized spacial score (nSPS) is 15.8. The van der Waals surface area contributed by atoms with Gasteiger partial charge in [0.1, 0.15) is 0 Å². The molecule has 0 spiro atoms. The summed E-state index contributed by atoms with van der Waals surface area (Å²) < 4.78 is 124. The summed E-state index contributed by atoms with van der Waals surface area (Å²) in [6.45, 7) is 2.61. The second kappa shape index (κ2) is 10.1. The molecule has 0 bridgehead atoms. The smallest absolute Gasteiger partial charge is 0.0976 e. The monoisotopic (exact) mass is 446 g/mol. The molecule has 0 aromatic carbocycles. The highest BCUT2D eigenvalue weighted by molar-refractivity contribution is 7.87. The molecule has 0 heterocycles. The van der Waals surface area contributed by atoms with E-state index in [9.17, 15) is 51.9 Å². The van der Waals surface area contributed by atoms with E-state index in [-0.39, 0.29) is 12.2 Å². The van der Waals surface area contributed by atoms with Gasteiger partial charge in [-0.1, -0.05) is 13.8 Å². The molecule has 0 aliphatic rings. The summed E-state index contributed by atoms with van der Waals surface area (Å²) in [7, 11) is -18.5. The van der Waals surface area contributed by atoms with Crippen LogP contribution in [0.2, 0.25) is 0 Å². The highest BCUT2D eigenvalue weighted by Crippen LogP contribution is 2.19. The first-order valence-corrected chi connectivity index (χ1v) is 12.7. The van der Waals surface area contributed by atoms with Crippen LogP contribution in [0.15, 0.2) is 0 Å². The zero-order valence-corrected chi connectivity index (χ0v) is 16.5. The van der Waals surface area contributed by atoms with E-state index in [4.69, 9.17) is 0 Å². The van der Waals surface area contributed by atoms with Crippen molar-refractivity contribution in [2.24, 2.45) is 0 Å². The highest BCUT2D eigenvalue weighted by atomic mass is 32.2. The van der Waals surface area contributed by atoms with E-state index in [0.717, 1.165) is 0 Å². The Labute approximate surface area is 147 Å². The molecule has 12 nitrogen and oxygen atoms in total. The molecule has 0 aromatic heterocycles. The Kier molecular flexibility index (Phi) is 10.9. The maximum absolute atomic E-state index is 10.9. The summed E-state index contributed by atoms with van der Waals surface area (Å²) in [5, 5.41) is -3.51. The Morgan fingerprint density at radius 1 is 0.680 bits per heavy atom. The van der Waals surface area contributed by atoms with Crippen molar-refractivity contribution < 1.29 is 51.9 Å². The first-order chi connectivity index (χ1) is 10.8. The van der Waals surface area contributed by atoms with Crippen molar-refractivity contribution in [1.29, 1.82) is 0 Å². The molecular weight excluding hydrogens is 428 g/mol. The van der Waals surface area contributed by atoms with E-state index >= 15 is 0 Å². The molecule has 0 saturated carbocycles. The minimum absolute atomic E-state index is 0.220. The van der Waals surface area contributed by atoms with Crippen LogP contribution in [0.3, 0.4) is 0 Å². The van der Waals surface area contributed by atoms with Crippen LogP contribution in [0.4, 0.5) is 0 Å². The molecule has 0 aliphatic carbocycles. The quantitative estimate of drug-likeness (QED) is 0.353. The second-order valence-electron chi connectivity index (χ2n) is 4.77. The first kappa shape index (κ1) is 26.9. The molecule has 0 amide bonds. The fourth-order valence-corrected chi connectivity index (χ4v) is 4.03. The highest BCUT2D eigenvalue weighted by Gasteiger charge is 2.25. The van der Waals surface area contributed by atoms with Gasteiger partial charge in [0.2, 0.25) is 0 Å². The minimum Gasteiger partial charge on any atom is -0.748 e. The Bertz CT molecular complexity index is 806. The Morgan fingerprint density at radius 3 is 1.24 bits per heavy atom. The summed E-state index contributed by atoms with van der Waals surface area (Å²) in [6, 6.07) is 0. The summed E-state index contributed by atoms with van der Waals surface area (Å²) in [6.07, 6.45) is -1.87. The zero-order valence-electron chi connectivity index (χ0n) is 13.2. The number of hydrogen-bond acceptors (Lipinski definition) is 12. The van der Waals surface area contributed by atoms with Crippen LogP contribution in [0, 0.1) is 0 Å². The Hall–Kier alpha value is -0.360. The van der Waals surface area contributed by atoms with Crippen LogP contribution in [0.5, 0.6) is 0 Å². The fraction of sp³-hybridized carbons (Fsp3) is 1.00. The molecule has 0 fully saturated rings. The summed E-state index contributed by atoms with van der Waals surface area (Å²) in [4.78, 5) is 0. The van der Waals surface area contributed by atoms with Crippen LogP contribution in [0.1, 0.15) is 33.1 Å². The summed E-state index contributed by atoms with van der Waals surface area (Å²) in [5.74, 6) is -1.43. The van der Waals surface area contributed by atoms with Gasteiger partial charge in [0.15, 0.2) is 0 Å². The van der Waals surface area contributed by atoms with Gasteiger partial charge in [0.25, 0.3) is 0 Å². The van der Waals surface area contributed by atoms with E-state index in [0.29, 0.717) is 0 Å². The van der Waals surface area contributed by atoms with Crippen LogP contribution in [0.25, 0.3) is 0 Å². The van der Waals surface area contributed by atoms with Gasteiger partial charge in [0.05, 0.1) is 51.0 Å². The second-order valence-corrected chi connectivity index (χ2v) is 11.3. The van der Waals surface area contributed by atoms with Crippen molar-refractivity contribution >= 4 is 40.5 Å². The third kappa shape index (κ3) is 15.6. The molecule has 0 rings (SSSR count). The Morgan fingerprint density at radius 2 is 1.04 bits per heavy atom. The lowest BCUT2D eigenvalue weighted by atomic mass is 10.1. The predicted octanol–water partition coefficient (Wildman–Crippen LogP) is -1.90. The molecule has 16 heteroatoms. The van der Waals surface area contributed by atoms with Gasteiger partial charge in [-0.2, -0.15) is 0 Å². The molecule has 0 radical (unpaired) electrons. The molecule has 154 valence electrons. The standard InChI is InChI=1S/C7H16O9S3.C2H6O3S/c1-2-6(18(11,12)13)5-7(19(14,15)16)3-4-17(8,9)10;1-2-6(3,4)5/h6-7H,2-5H2,1H3,(H,8,9,10)(H,11,12,13)(H,14,15,16);2H2,1H3,(H,3,4,5)/p-4. The van der Waals surface area contributed by atoms with E-state index in [1.807, 2.05) is 0 Å². The van der Waals surface area contributed by atoms with Crippen molar-refractivity contribution in [2.45, 2.75) is 43.6 Å². The van der Waals surface area contributed by atoms with E-state index in [1.165, 1.54) is 13.8 Å². The third-order valence-electron chi connectivity index (χ3n) is 2.84. The van der Waals surface area contributed by atoms with Crippen molar-refractivity contribution in [3.8, 4) is 0 Å². The van der Waals surface area contributed by atoms with Crippen LogP contribution in [-0.2, 0) is 40.5 Å². The lowest BCUT2D eigenvalue weighted by molar-refractivity contribution is 0.420. The van der Waals surface area contributed by atoms with Gasteiger partial charge in [-0.15, -0.1) is 0 Å². The van der Waals surface area contributed by atoms with Crippen molar-refractivity contribution in [2.75, 3.05) is 11.5 Å².